The largest absolute Gasteiger partial charge is 0.387 e. The summed E-state index contributed by atoms with van der Waals surface area (Å²) in [5.41, 5.74) is 3.05. The molecule has 25 heavy (non-hydrogen) atoms. The van der Waals surface area contributed by atoms with Gasteiger partial charge in [0, 0.05) is 30.7 Å². The number of rotatable bonds is 3. The Kier molecular flexibility index (Phi) is 4.55. The molecule has 0 bridgehead atoms. The maximum Gasteiger partial charge on any atom is 0.251 e. The summed E-state index contributed by atoms with van der Waals surface area (Å²) in [7, 11) is 0. The second-order valence-electron chi connectivity index (χ2n) is 7.06. The van der Waals surface area contributed by atoms with Gasteiger partial charge in [-0.1, -0.05) is 42.5 Å². The Morgan fingerprint density at radius 3 is 2.40 bits per heavy atom. The van der Waals surface area contributed by atoms with Crippen LogP contribution in [0.15, 0.2) is 54.6 Å². The van der Waals surface area contributed by atoms with Gasteiger partial charge in [0.05, 0.1) is 6.10 Å². The van der Waals surface area contributed by atoms with Gasteiger partial charge in [0.15, 0.2) is 0 Å². The number of fused-ring (bicyclic) bond motifs is 1. The fourth-order valence-corrected chi connectivity index (χ4v) is 4.12. The molecule has 1 fully saturated rings. The first kappa shape index (κ1) is 16.3. The van der Waals surface area contributed by atoms with Crippen molar-refractivity contribution in [2.24, 2.45) is 0 Å². The van der Waals surface area contributed by atoms with Crippen molar-refractivity contribution in [1.82, 2.24) is 10.2 Å². The number of nitrogens with one attached hydrogen (secondary N) is 1. The van der Waals surface area contributed by atoms with Gasteiger partial charge in [-0.3, -0.25) is 9.69 Å². The molecule has 1 aliphatic heterocycles. The summed E-state index contributed by atoms with van der Waals surface area (Å²) in [6.07, 6.45) is 2.38. The lowest BCUT2D eigenvalue weighted by molar-refractivity contribution is 0.0427. The molecule has 1 heterocycles. The first-order valence-electron chi connectivity index (χ1n) is 9.08. The molecule has 2 unspecified atom stereocenters. The molecule has 1 amide bonds. The summed E-state index contributed by atoms with van der Waals surface area (Å²) in [5, 5.41) is 13.8. The average molecular weight is 336 g/mol. The molecule has 4 rings (SSSR count). The fourth-order valence-electron chi connectivity index (χ4n) is 4.12. The van der Waals surface area contributed by atoms with Crippen LogP contribution < -0.4 is 5.32 Å². The van der Waals surface area contributed by atoms with Crippen molar-refractivity contribution in [1.29, 1.82) is 0 Å². The number of aliphatic hydroxyl groups is 1. The van der Waals surface area contributed by atoms with E-state index in [9.17, 15) is 9.90 Å². The molecule has 1 saturated heterocycles. The summed E-state index contributed by atoms with van der Waals surface area (Å²) in [6.45, 7) is 1.82. The molecule has 0 radical (unpaired) electrons. The van der Waals surface area contributed by atoms with Crippen molar-refractivity contribution >= 4 is 5.91 Å². The van der Waals surface area contributed by atoms with Crippen molar-refractivity contribution in [2.45, 2.75) is 37.5 Å². The molecular formula is C21H24N2O2. The van der Waals surface area contributed by atoms with Crippen LogP contribution in [-0.2, 0) is 6.42 Å². The lowest BCUT2D eigenvalue weighted by Crippen LogP contribution is -2.49. The SMILES string of the molecule is O=C(NC1CCN(C2Cc3ccccc3C2O)CC1)c1ccccc1. The van der Waals surface area contributed by atoms with E-state index in [0.29, 0.717) is 5.56 Å². The van der Waals surface area contributed by atoms with E-state index >= 15 is 0 Å². The van der Waals surface area contributed by atoms with Gasteiger partial charge >= 0.3 is 0 Å². The number of amides is 1. The first-order valence-corrected chi connectivity index (χ1v) is 9.08. The van der Waals surface area contributed by atoms with E-state index < -0.39 is 6.10 Å². The molecule has 4 heteroatoms. The Morgan fingerprint density at radius 1 is 1.00 bits per heavy atom. The summed E-state index contributed by atoms with van der Waals surface area (Å²) in [4.78, 5) is 14.7. The van der Waals surface area contributed by atoms with Crippen molar-refractivity contribution in [3.63, 3.8) is 0 Å². The molecule has 130 valence electrons. The minimum absolute atomic E-state index is 0.00681. The maximum atomic E-state index is 12.3. The summed E-state index contributed by atoms with van der Waals surface area (Å²) >= 11 is 0. The molecule has 2 N–H and O–H groups in total. The molecule has 0 aromatic heterocycles. The van der Waals surface area contributed by atoms with E-state index in [2.05, 4.69) is 16.3 Å². The smallest absolute Gasteiger partial charge is 0.251 e. The second-order valence-corrected chi connectivity index (χ2v) is 7.06. The molecular weight excluding hydrogens is 312 g/mol. The topological polar surface area (TPSA) is 52.6 Å². The minimum Gasteiger partial charge on any atom is -0.387 e. The highest BCUT2D eigenvalue weighted by Gasteiger charge is 2.36. The zero-order chi connectivity index (χ0) is 17.2. The summed E-state index contributed by atoms with van der Waals surface area (Å²) in [6, 6.07) is 17.9. The number of benzene rings is 2. The third-order valence-corrected chi connectivity index (χ3v) is 5.54. The third kappa shape index (κ3) is 3.32. The van der Waals surface area contributed by atoms with E-state index in [4.69, 9.17) is 0 Å². The number of piperidine rings is 1. The molecule has 2 atom stereocenters. The van der Waals surface area contributed by atoms with Gasteiger partial charge < -0.3 is 10.4 Å². The van der Waals surface area contributed by atoms with Gasteiger partial charge in [0.25, 0.3) is 5.91 Å². The number of nitrogens with zero attached hydrogens (tertiary/aromatic N) is 1. The third-order valence-electron chi connectivity index (χ3n) is 5.54. The molecule has 1 aliphatic carbocycles. The van der Waals surface area contributed by atoms with Crippen LogP contribution in [0.25, 0.3) is 0 Å². The highest BCUT2D eigenvalue weighted by molar-refractivity contribution is 5.94. The number of carbonyl (C=O) groups is 1. The Balaban J connectivity index is 1.33. The van der Waals surface area contributed by atoms with Crippen molar-refractivity contribution in [2.75, 3.05) is 13.1 Å². The highest BCUT2D eigenvalue weighted by atomic mass is 16.3. The number of carbonyl (C=O) groups excluding carboxylic acids is 1. The lowest BCUT2D eigenvalue weighted by atomic mass is 10.0. The minimum atomic E-state index is -0.397. The molecule has 2 aliphatic rings. The Morgan fingerprint density at radius 2 is 1.68 bits per heavy atom. The van der Waals surface area contributed by atoms with Crippen LogP contribution in [0, 0.1) is 0 Å². The first-order chi connectivity index (χ1) is 12.2. The number of hydrogen-bond donors (Lipinski definition) is 2. The van der Waals surface area contributed by atoms with Crippen molar-refractivity contribution in [3.8, 4) is 0 Å². The van der Waals surface area contributed by atoms with E-state index in [1.807, 2.05) is 48.5 Å². The summed E-state index contributed by atoms with van der Waals surface area (Å²) in [5.74, 6) is 0.00681. The standard InChI is InChI=1S/C21H24N2O2/c24-20-18-9-5-4-8-16(18)14-19(20)23-12-10-17(11-13-23)22-21(25)15-6-2-1-3-7-15/h1-9,17,19-20,24H,10-14H2,(H,22,25). The monoisotopic (exact) mass is 336 g/mol. The van der Waals surface area contributed by atoms with Crippen molar-refractivity contribution in [3.05, 3.63) is 71.3 Å². The van der Waals surface area contributed by atoms with Crippen LogP contribution in [0.3, 0.4) is 0 Å². The predicted octanol–water partition coefficient (Wildman–Crippen LogP) is 2.54. The van der Waals surface area contributed by atoms with E-state index in [1.54, 1.807) is 0 Å². The molecule has 2 aromatic carbocycles. The van der Waals surface area contributed by atoms with Crippen LogP contribution >= 0.6 is 0 Å². The Labute approximate surface area is 148 Å². The van der Waals surface area contributed by atoms with E-state index in [0.717, 1.165) is 37.9 Å². The molecule has 0 saturated carbocycles. The zero-order valence-corrected chi connectivity index (χ0v) is 14.3. The zero-order valence-electron chi connectivity index (χ0n) is 14.3. The fraction of sp³-hybridized carbons (Fsp3) is 0.381. The number of likely N-dealkylation sites (tertiary alicyclic amines) is 1. The van der Waals surface area contributed by atoms with E-state index in [1.165, 1.54) is 5.56 Å². The second kappa shape index (κ2) is 6.98. The number of hydrogen-bond acceptors (Lipinski definition) is 3. The van der Waals surface area contributed by atoms with E-state index in [-0.39, 0.29) is 18.0 Å². The maximum absolute atomic E-state index is 12.3. The number of aliphatic hydroxyl groups excluding tert-OH is 1. The van der Waals surface area contributed by atoms with Gasteiger partial charge in [0.2, 0.25) is 0 Å². The van der Waals surface area contributed by atoms with Gasteiger partial charge in [-0.15, -0.1) is 0 Å². The van der Waals surface area contributed by atoms with Crippen LogP contribution in [0.4, 0.5) is 0 Å². The lowest BCUT2D eigenvalue weighted by Gasteiger charge is -2.37. The predicted molar refractivity (Wildman–Crippen MR) is 97.4 cm³/mol. The molecule has 0 spiro atoms. The van der Waals surface area contributed by atoms with Crippen LogP contribution in [0.5, 0.6) is 0 Å². The van der Waals surface area contributed by atoms with Gasteiger partial charge in [-0.05, 0) is 42.5 Å². The van der Waals surface area contributed by atoms with Crippen LogP contribution in [0.1, 0.15) is 40.4 Å². The van der Waals surface area contributed by atoms with Crippen LogP contribution in [0.2, 0.25) is 0 Å². The van der Waals surface area contributed by atoms with Gasteiger partial charge in [-0.2, -0.15) is 0 Å². The highest BCUT2D eigenvalue weighted by Crippen LogP contribution is 2.35. The summed E-state index contributed by atoms with van der Waals surface area (Å²) < 4.78 is 0. The van der Waals surface area contributed by atoms with Gasteiger partial charge in [-0.25, -0.2) is 0 Å². The average Bonchev–Trinajstić information content (AvgIpc) is 3.00. The normalized spacial score (nSPS) is 24.0. The van der Waals surface area contributed by atoms with Crippen molar-refractivity contribution < 1.29 is 9.90 Å². The Bertz CT molecular complexity index is 739. The quantitative estimate of drug-likeness (QED) is 0.906. The molecule has 4 nitrogen and oxygen atoms in total. The van der Waals surface area contributed by atoms with Gasteiger partial charge in [0.1, 0.15) is 0 Å². The Hall–Kier alpha value is -2.17. The van der Waals surface area contributed by atoms with Crippen LogP contribution in [-0.4, -0.2) is 41.1 Å². The molecule has 2 aromatic rings.